The smallest absolute Gasteiger partial charge is 0.136 e. The van der Waals surface area contributed by atoms with Crippen LogP contribution in [-0.4, -0.2) is 5.78 Å². The van der Waals surface area contributed by atoms with Crippen molar-refractivity contribution in [2.75, 3.05) is 0 Å². The normalized spacial score (nSPS) is 25.0. The molecule has 0 aromatic carbocycles. The minimum absolute atomic E-state index is 0.421. The van der Waals surface area contributed by atoms with Crippen LogP contribution in [0.2, 0.25) is 0 Å². The van der Waals surface area contributed by atoms with Crippen LogP contribution in [-0.2, 0) is 4.79 Å². The number of hydrogen-bond acceptors (Lipinski definition) is 1. The highest BCUT2D eigenvalue weighted by Gasteiger charge is 2.29. The van der Waals surface area contributed by atoms with Crippen molar-refractivity contribution in [2.45, 2.75) is 46.0 Å². The molecule has 0 amide bonds. The van der Waals surface area contributed by atoms with Crippen LogP contribution < -0.4 is 0 Å². The van der Waals surface area contributed by atoms with E-state index in [0.717, 1.165) is 19.3 Å². The first kappa shape index (κ1) is 8.76. The summed E-state index contributed by atoms with van der Waals surface area (Å²) in [6.07, 6.45) is 5.49. The van der Waals surface area contributed by atoms with Gasteiger partial charge in [0.25, 0.3) is 0 Å². The summed E-state index contributed by atoms with van der Waals surface area (Å²) in [5.74, 6) is 1.62. The van der Waals surface area contributed by atoms with E-state index in [1.165, 1.54) is 12.8 Å². The van der Waals surface area contributed by atoms with Crippen LogP contribution in [0.4, 0.5) is 0 Å². The Labute approximate surface area is 69.2 Å². The Kier molecular flexibility index (Phi) is 3.10. The van der Waals surface area contributed by atoms with Crippen LogP contribution in [0.15, 0.2) is 0 Å². The molecule has 0 N–H and O–H groups in total. The van der Waals surface area contributed by atoms with E-state index in [2.05, 4.69) is 13.8 Å². The van der Waals surface area contributed by atoms with Crippen LogP contribution in [0.1, 0.15) is 46.0 Å². The molecule has 1 fully saturated rings. The summed E-state index contributed by atoms with van der Waals surface area (Å²) in [5.41, 5.74) is 0. The number of carbonyl (C=O) groups is 1. The fourth-order valence-electron chi connectivity index (χ4n) is 2.20. The number of carbonyl (C=O) groups excluding carboxylic acids is 1. The Bertz CT molecular complexity index is 136. The number of ketones is 1. The Morgan fingerprint density at radius 1 is 1.45 bits per heavy atom. The van der Waals surface area contributed by atoms with Crippen molar-refractivity contribution in [3.63, 3.8) is 0 Å². The van der Waals surface area contributed by atoms with Crippen molar-refractivity contribution >= 4 is 5.78 Å². The second-order valence-electron chi connectivity index (χ2n) is 3.54. The van der Waals surface area contributed by atoms with E-state index >= 15 is 0 Å². The number of hydrogen-bond donors (Lipinski definition) is 0. The van der Waals surface area contributed by atoms with Gasteiger partial charge in [0.05, 0.1) is 0 Å². The molecule has 1 aliphatic carbocycles. The lowest BCUT2D eigenvalue weighted by Gasteiger charge is -2.18. The van der Waals surface area contributed by atoms with Crippen LogP contribution in [0.5, 0.6) is 0 Å². The fraction of sp³-hybridized carbons (Fsp3) is 0.900. The largest absolute Gasteiger partial charge is 0.299 e. The molecule has 1 heteroatoms. The van der Waals surface area contributed by atoms with Crippen LogP contribution in [0, 0.1) is 11.8 Å². The third-order valence-corrected chi connectivity index (χ3v) is 2.97. The Balaban J connectivity index is 2.49. The third kappa shape index (κ3) is 1.82. The van der Waals surface area contributed by atoms with Crippen molar-refractivity contribution in [1.29, 1.82) is 0 Å². The van der Waals surface area contributed by atoms with Gasteiger partial charge in [0, 0.05) is 12.3 Å². The lowest BCUT2D eigenvalue weighted by atomic mass is 9.86. The highest BCUT2D eigenvalue weighted by atomic mass is 16.1. The first-order valence-electron chi connectivity index (χ1n) is 4.82. The standard InChI is InChI=1S/C10H18O/c1-3-8(4-2)9-6-5-7-10(9)11/h8-9H,3-7H2,1-2H3. The van der Waals surface area contributed by atoms with Gasteiger partial charge in [-0.15, -0.1) is 0 Å². The van der Waals surface area contributed by atoms with E-state index in [1.807, 2.05) is 0 Å². The Hall–Kier alpha value is -0.330. The third-order valence-electron chi connectivity index (χ3n) is 2.97. The number of rotatable bonds is 3. The van der Waals surface area contributed by atoms with Crippen molar-refractivity contribution in [3.05, 3.63) is 0 Å². The molecule has 1 rings (SSSR count). The zero-order chi connectivity index (χ0) is 8.27. The van der Waals surface area contributed by atoms with E-state index in [-0.39, 0.29) is 0 Å². The molecule has 0 aromatic rings. The first-order chi connectivity index (χ1) is 5.29. The molecule has 1 atom stereocenters. The highest BCUT2D eigenvalue weighted by molar-refractivity contribution is 5.83. The van der Waals surface area contributed by atoms with Crippen LogP contribution >= 0.6 is 0 Å². The predicted molar refractivity (Wildman–Crippen MR) is 46.4 cm³/mol. The summed E-state index contributed by atoms with van der Waals surface area (Å²) in [5, 5.41) is 0. The van der Waals surface area contributed by atoms with E-state index < -0.39 is 0 Å². The SMILES string of the molecule is CCC(CC)C1CCCC1=O. The molecule has 1 nitrogen and oxygen atoms in total. The summed E-state index contributed by atoms with van der Waals surface area (Å²) in [4.78, 5) is 11.3. The molecular formula is C10H18O. The van der Waals surface area contributed by atoms with E-state index in [0.29, 0.717) is 17.6 Å². The molecule has 0 aliphatic heterocycles. The quantitative estimate of drug-likeness (QED) is 0.611. The molecule has 64 valence electrons. The molecular weight excluding hydrogens is 136 g/mol. The zero-order valence-corrected chi connectivity index (χ0v) is 7.60. The topological polar surface area (TPSA) is 17.1 Å². The number of Topliss-reactive ketones (excluding diaryl/α,β-unsaturated/α-hetero) is 1. The zero-order valence-electron chi connectivity index (χ0n) is 7.60. The predicted octanol–water partition coefficient (Wildman–Crippen LogP) is 2.79. The van der Waals surface area contributed by atoms with Gasteiger partial charge in [-0.3, -0.25) is 4.79 Å². The first-order valence-corrected chi connectivity index (χ1v) is 4.82. The van der Waals surface area contributed by atoms with Gasteiger partial charge in [0.2, 0.25) is 0 Å². The lowest BCUT2D eigenvalue weighted by Crippen LogP contribution is -2.17. The van der Waals surface area contributed by atoms with Crippen molar-refractivity contribution in [1.82, 2.24) is 0 Å². The minimum atomic E-state index is 0.421. The average molecular weight is 154 g/mol. The summed E-state index contributed by atoms with van der Waals surface area (Å²) in [6, 6.07) is 0. The van der Waals surface area contributed by atoms with Gasteiger partial charge in [-0.1, -0.05) is 26.7 Å². The lowest BCUT2D eigenvalue weighted by molar-refractivity contribution is -0.122. The molecule has 0 heterocycles. The molecule has 0 saturated heterocycles. The molecule has 0 aromatic heterocycles. The highest BCUT2D eigenvalue weighted by Crippen LogP contribution is 2.31. The molecule has 1 saturated carbocycles. The van der Waals surface area contributed by atoms with Gasteiger partial charge in [-0.05, 0) is 18.8 Å². The summed E-state index contributed by atoms with van der Waals surface area (Å²) < 4.78 is 0. The summed E-state index contributed by atoms with van der Waals surface area (Å²) in [6.45, 7) is 4.39. The van der Waals surface area contributed by atoms with Gasteiger partial charge in [0.1, 0.15) is 5.78 Å². The van der Waals surface area contributed by atoms with Crippen molar-refractivity contribution in [2.24, 2.45) is 11.8 Å². The molecule has 11 heavy (non-hydrogen) atoms. The van der Waals surface area contributed by atoms with Gasteiger partial charge < -0.3 is 0 Å². The second-order valence-corrected chi connectivity index (χ2v) is 3.54. The molecule has 0 spiro atoms. The van der Waals surface area contributed by atoms with Gasteiger partial charge in [-0.2, -0.15) is 0 Å². The van der Waals surface area contributed by atoms with Gasteiger partial charge in [-0.25, -0.2) is 0 Å². The van der Waals surface area contributed by atoms with E-state index in [4.69, 9.17) is 0 Å². The van der Waals surface area contributed by atoms with Gasteiger partial charge >= 0.3 is 0 Å². The maximum Gasteiger partial charge on any atom is 0.136 e. The Morgan fingerprint density at radius 3 is 2.45 bits per heavy atom. The minimum Gasteiger partial charge on any atom is -0.299 e. The molecule has 0 radical (unpaired) electrons. The maximum absolute atomic E-state index is 11.3. The van der Waals surface area contributed by atoms with E-state index in [1.54, 1.807) is 0 Å². The van der Waals surface area contributed by atoms with E-state index in [9.17, 15) is 4.79 Å². The molecule has 0 bridgehead atoms. The Morgan fingerprint density at radius 2 is 2.09 bits per heavy atom. The average Bonchev–Trinajstić information content (AvgIpc) is 2.40. The molecule has 1 unspecified atom stereocenters. The summed E-state index contributed by atoms with van der Waals surface area (Å²) >= 11 is 0. The fourth-order valence-corrected chi connectivity index (χ4v) is 2.20. The van der Waals surface area contributed by atoms with Gasteiger partial charge in [0.15, 0.2) is 0 Å². The van der Waals surface area contributed by atoms with Crippen LogP contribution in [0.3, 0.4) is 0 Å². The van der Waals surface area contributed by atoms with Crippen molar-refractivity contribution < 1.29 is 4.79 Å². The molecule has 1 aliphatic rings. The van der Waals surface area contributed by atoms with Crippen LogP contribution in [0.25, 0.3) is 0 Å². The summed E-state index contributed by atoms with van der Waals surface area (Å²) in [7, 11) is 0. The van der Waals surface area contributed by atoms with Crippen molar-refractivity contribution in [3.8, 4) is 0 Å². The maximum atomic E-state index is 11.3. The second kappa shape index (κ2) is 3.89. The monoisotopic (exact) mass is 154 g/mol.